The Balaban J connectivity index is 2.01. The minimum atomic E-state index is 0.280. The van der Waals surface area contributed by atoms with Crippen LogP contribution in [0.15, 0.2) is 30.3 Å². The van der Waals surface area contributed by atoms with E-state index in [1.807, 2.05) is 38.1 Å². The first-order chi connectivity index (χ1) is 10.0. The topological polar surface area (TPSA) is 64.7 Å². The highest BCUT2D eigenvalue weighted by molar-refractivity contribution is 6.28. The third kappa shape index (κ3) is 2.95. The monoisotopic (exact) mass is 298 g/mol. The van der Waals surface area contributed by atoms with E-state index >= 15 is 0 Å². The zero-order valence-electron chi connectivity index (χ0n) is 11.9. The fourth-order valence-corrected chi connectivity index (χ4v) is 2.68. The van der Waals surface area contributed by atoms with E-state index in [4.69, 9.17) is 17.3 Å². The molecule has 1 aromatic carbocycles. The molecule has 0 fully saturated rings. The lowest BCUT2D eigenvalue weighted by atomic mass is 10.0. The summed E-state index contributed by atoms with van der Waals surface area (Å²) in [4.78, 5) is 12.8. The lowest BCUT2D eigenvalue weighted by Gasteiger charge is -2.07. The summed E-state index contributed by atoms with van der Waals surface area (Å²) >= 11 is 5.90. The van der Waals surface area contributed by atoms with Crippen molar-refractivity contribution in [1.29, 1.82) is 0 Å². The van der Waals surface area contributed by atoms with E-state index in [1.165, 1.54) is 0 Å². The lowest BCUT2D eigenvalue weighted by molar-refractivity contribution is 1.00. The molecule has 0 amide bonds. The Morgan fingerprint density at radius 2 is 1.76 bits per heavy atom. The number of aryl methyl sites for hydroxylation is 2. The molecule has 0 aliphatic carbocycles. The highest BCUT2D eigenvalue weighted by Crippen LogP contribution is 2.23. The molecule has 0 radical (unpaired) electrons. The first-order valence-corrected chi connectivity index (χ1v) is 7.05. The fraction of sp³-hybridized carbons (Fsp3) is 0.188. The molecule has 0 aliphatic rings. The Kier molecular flexibility index (Phi) is 3.47. The number of fused-ring (bicyclic) bond motifs is 1. The molecule has 3 rings (SSSR count). The molecule has 0 bridgehead atoms. The Hall–Kier alpha value is -2.20. The van der Waals surface area contributed by atoms with E-state index in [9.17, 15) is 0 Å². The largest absolute Gasteiger partial charge is 0.398 e. The maximum absolute atomic E-state index is 6.08. The number of benzene rings is 1. The molecule has 0 aliphatic heterocycles. The first kappa shape index (κ1) is 13.8. The maximum Gasteiger partial charge on any atom is 0.222 e. The normalized spacial score (nSPS) is 11.0. The van der Waals surface area contributed by atoms with Crippen molar-refractivity contribution in [2.24, 2.45) is 0 Å². The number of nitrogens with two attached hydrogens (primary N) is 1. The van der Waals surface area contributed by atoms with E-state index in [0.717, 1.165) is 39.2 Å². The number of rotatable bonds is 2. The molecule has 2 N–H and O–H groups in total. The highest BCUT2D eigenvalue weighted by atomic mass is 35.5. The van der Waals surface area contributed by atoms with E-state index < -0.39 is 0 Å². The van der Waals surface area contributed by atoms with Gasteiger partial charge < -0.3 is 5.73 Å². The van der Waals surface area contributed by atoms with Crippen LogP contribution in [0, 0.1) is 13.8 Å². The first-order valence-electron chi connectivity index (χ1n) is 6.67. The summed E-state index contributed by atoms with van der Waals surface area (Å²) in [5.74, 6) is 0. The third-order valence-corrected chi connectivity index (χ3v) is 3.47. The minimum Gasteiger partial charge on any atom is -0.398 e. The van der Waals surface area contributed by atoms with Crippen molar-refractivity contribution in [1.82, 2.24) is 15.0 Å². The SMILES string of the molecule is Cc1cc(Cc2ccc3nc(C)cc(N)c3c2)nc(Cl)n1. The summed E-state index contributed by atoms with van der Waals surface area (Å²) < 4.78 is 0. The molecule has 4 nitrogen and oxygen atoms in total. The number of hydrogen-bond donors (Lipinski definition) is 1. The van der Waals surface area contributed by atoms with Gasteiger partial charge in [-0.25, -0.2) is 9.97 Å². The Bertz CT molecular complexity index is 810. The quantitative estimate of drug-likeness (QED) is 0.736. The number of hydrogen-bond acceptors (Lipinski definition) is 4. The van der Waals surface area contributed by atoms with Gasteiger partial charge in [0.2, 0.25) is 5.28 Å². The minimum absolute atomic E-state index is 0.280. The van der Waals surface area contributed by atoms with E-state index in [1.54, 1.807) is 0 Å². The van der Waals surface area contributed by atoms with Crippen LogP contribution in [0.5, 0.6) is 0 Å². The number of aromatic nitrogens is 3. The van der Waals surface area contributed by atoms with Crippen LogP contribution in [-0.4, -0.2) is 15.0 Å². The zero-order chi connectivity index (χ0) is 15.0. The Morgan fingerprint density at radius 3 is 2.52 bits per heavy atom. The van der Waals surface area contributed by atoms with Gasteiger partial charge in [-0.2, -0.15) is 0 Å². The Labute approximate surface area is 128 Å². The summed E-state index contributed by atoms with van der Waals surface area (Å²) in [5.41, 5.74) is 11.5. The second-order valence-corrected chi connectivity index (χ2v) is 5.49. The second kappa shape index (κ2) is 5.30. The van der Waals surface area contributed by atoms with Gasteiger partial charge in [-0.05, 0) is 55.3 Å². The predicted molar refractivity (Wildman–Crippen MR) is 85.5 cm³/mol. The van der Waals surface area contributed by atoms with Crippen LogP contribution in [-0.2, 0) is 6.42 Å². The van der Waals surface area contributed by atoms with Crippen molar-refractivity contribution in [2.75, 3.05) is 5.73 Å². The van der Waals surface area contributed by atoms with Crippen LogP contribution in [0.1, 0.15) is 22.6 Å². The summed E-state index contributed by atoms with van der Waals surface area (Å²) in [5, 5.41) is 1.25. The molecule has 0 saturated heterocycles. The Morgan fingerprint density at radius 1 is 1.00 bits per heavy atom. The van der Waals surface area contributed by atoms with Gasteiger partial charge in [0.1, 0.15) is 0 Å². The third-order valence-electron chi connectivity index (χ3n) is 3.30. The van der Waals surface area contributed by atoms with Crippen molar-refractivity contribution < 1.29 is 0 Å². The van der Waals surface area contributed by atoms with E-state index in [2.05, 4.69) is 21.0 Å². The van der Waals surface area contributed by atoms with Gasteiger partial charge in [0.05, 0.1) is 5.52 Å². The lowest BCUT2D eigenvalue weighted by Crippen LogP contribution is -1.98. The van der Waals surface area contributed by atoms with Gasteiger partial charge in [0, 0.05) is 34.6 Å². The van der Waals surface area contributed by atoms with Crippen LogP contribution in [0.2, 0.25) is 5.28 Å². The molecule has 0 atom stereocenters. The standard InChI is InChI=1S/C16H15ClN4/c1-9-5-12(21-16(17)20-9)7-11-3-4-15-13(8-11)14(18)6-10(2)19-15/h3-6,8H,7H2,1-2H3,(H2,18,19). The van der Waals surface area contributed by atoms with Gasteiger partial charge in [-0.15, -0.1) is 0 Å². The molecular formula is C16H15ClN4. The zero-order valence-corrected chi connectivity index (χ0v) is 12.6. The van der Waals surface area contributed by atoms with Gasteiger partial charge in [-0.1, -0.05) is 6.07 Å². The van der Waals surface area contributed by atoms with Crippen LogP contribution >= 0.6 is 11.6 Å². The molecule has 5 heteroatoms. The molecular weight excluding hydrogens is 284 g/mol. The van der Waals surface area contributed by atoms with Gasteiger partial charge in [0.15, 0.2) is 0 Å². The van der Waals surface area contributed by atoms with Gasteiger partial charge >= 0.3 is 0 Å². The molecule has 0 unspecified atom stereocenters. The van der Waals surface area contributed by atoms with E-state index in [0.29, 0.717) is 6.42 Å². The highest BCUT2D eigenvalue weighted by Gasteiger charge is 2.06. The van der Waals surface area contributed by atoms with Crippen LogP contribution in [0.3, 0.4) is 0 Å². The van der Waals surface area contributed by atoms with Crippen molar-refractivity contribution in [3.63, 3.8) is 0 Å². The predicted octanol–water partition coefficient (Wildman–Crippen LogP) is 3.47. The number of halogens is 1. The van der Waals surface area contributed by atoms with Crippen LogP contribution < -0.4 is 5.73 Å². The van der Waals surface area contributed by atoms with E-state index in [-0.39, 0.29) is 5.28 Å². The molecule has 106 valence electrons. The van der Waals surface area contributed by atoms with Gasteiger partial charge in [-0.3, -0.25) is 4.98 Å². The molecule has 3 aromatic rings. The summed E-state index contributed by atoms with van der Waals surface area (Å²) in [6.45, 7) is 3.84. The number of nitrogen functional groups attached to an aromatic ring is 1. The fourth-order valence-electron chi connectivity index (χ4n) is 2.44. The van der Waals surface area contributed by atoms with Crippen LogP contribution in [0.4, 0.5) is 5.69 Å². The summed E-state index contributed by atoms with van der Waals surface area (Å²) in [6.07, 6.45) is 0.687. The number of anilines is 1. The van der Waals surface area contributed by atoms with Crippen LogP contribution in [0.25, 0.3) is 10.9 Å². The molecule has 0 saturated carbocycles. The van der Waals surface area contributed by atoms with Crippen molar-refractivity contribution >= 4 is 28.2 Å². The summed E-state index contributed by atoms with van der Waals surface area (Å²) in [7, 11) is 0. The number of nitrogens with zero attached hydrogens (tertiary/aromatic N) is 3. The number of pyridine rings is 1. The smallest absolute Gasteiger partial charge is 0.222 e. The molecule has 0 spiro atoms. The molecule has 2 aromatic heterocycles. The van der Waals surface area contributed by atoms with Gasteiger partial charge in [0.25, 0.3) is 0 Å². The van der Waals surface area contributed by atoms with Crippen molar-refractivity contribution in [3.05, 3.63) is 58.3 Å². The molecule has 2 heterocycles. The van der Waals surface area contributed by atoms with Crippen molar-refractivity contribution in [2.45, 2.75) is 20.3 Å². The summed E-state index contributed by atoms with van der Waals surface area (Å²) in [6, 6.07) is 9.91. The molecule has 21 heavy (non-hydrogen) atoms. The second-order valence-electron chi connectivity index (χ2n) is 5.15. The maximum atomic E-state index is 6.08. The average molecular weight is 299 g/mol. The van der Waals surface area contributed by atoms with Crippen molar-refractivity contribution in [3.8, 4) is 0 Å². The average Bonchev–Trinajstić information content (AvgIpc) is 2.38.